The van der Waals surface area contributed by atoms with Crippen molar-refractivity contribution < 1.29 is 13.2 Å². The Morgan fingerprint density at radius 2 is 1.68 bits per heavy atom. The van der Waals surface area contributed by atoms with Crippen LogP contribution in [0, 0.1) is 5.92 Å². The van der Waals surface area contributed by atoms with Crippen molar-refractivity contribution in [1.29, 1.82) is 0 Å². The van der Waals surface area contributed by atoms with E-state index in [0.29, 0.717) is 31.2 Å². The summed E-state index contributed by atoms with van der Waals surface area (Å²) in [4.78, 5) is 13.9. The van der Waals surface area contributed by atoms with Crippen molar-refractivity contribution in [1.82, 2.24) is 9.21 Å². The highest BCUT2D eigenvalue weighted by molar-refractivity contribution is 7.89. The first-order valence-corrected chi connectivity index (χ1v) is 9.33. The molecule has 0 unspecified atom stereocenters. The van der Waals surface area contributed by atoms with Crippen LogP contribution in [0.3, 0.4) is 0 Å². The van der Waals surface area contributed by atoms with Gasteiger partial charge >= 0.3 is 0 Å². The van der Waals surface area contributed by atoms with Crippen molar-refractivity contribution in [2.45, 2.75) is 17.7 Å². The van der Waals surface area contributed by atoms with Crippen LogP contribution in [0.15, 0.2) is 23.1 Å². The SMILES string of the molecule is O=C(C1CC1)N1CCN(S(=O)(=O)c2ccc(Cl)c(Cl)c2)CC1. The van der Waals surface area contributed by atoms with Crippen LogP contribution in [0.5, 0.6) is 0 Å². The second-order valence-corrected chi connectivity index (χ2v) is 8.33. The number of carbonyl (C=O) groups excluding carboxylic acids is 1. The minimum atomic E-state index is -3.60. The van der Waals surface area contributed by atoms with Crippen LogP contribution < -0.4 is 0 Å². The molecule has 1 saturated carbocycles. The Balaban J connectivity index is 1.71. The van der Waals surface area contributed by atoms with Gasteiger partial charge in [-0.3, -0.25) is 4.79 Å². The molecular formula is C14H16Cl2N2O3S. The van der Waals surface area contributed by atoms with Gasteiger partial charge in [-0.15, -0.1) is 0 Å². The molecule has 5 nitrogen and oxygen atoms in total. The van der Waals surface area contributed by atoms with Crippen molar-refractivity contribution in [3.8, 4) is 0 Å². The van der Waals surface area contributed by atoms with E-state index in [1.165, 1.54) is 22.5 Å². The molecule has 1 amide bonds. The topological polar surface area (TPSA) is 57.7 Å². The fourth-order valence-corrected chi connectivity index (χ4v) is 4.34. The van der Waals surface area contributed by atoms with Gasteiger partial charge in [-0.1, -0.05) is 23.2 Å². The van der Waals surface area contributed by atoms with Gasteiger partial charge in [0, 0.05) is 32.1 Å². The predicted octanol–water partition coefficient (Wildman–Crippen LogP) is 2.24. The Bertz CT molecular complexity index is 696. The molecule has 0 spiro atoms. The Morgan fingerprint density at radius 3 is 2.23 bits per heavy atom. The summed E-state index contributed by atoms with van der Waals surface area (Å²) in [6.45, 7) is 1.49. The first-order chi connectivity index (χ1) is 10.4. The molecule has 0 N–H and O–H groups in total. The van der Waals surface area contributed by atoms with E-state index in [-0.39, 0.29) is 21.7 Å². The van der Waals surface area contributed by atoms with Crippen LogP contribution in [-0.4, -0.2) is 49.7 Å². The van der Waals surface area contributed by atoms with E-state index in [4.69, 9.17) is 23.2 Å². The van der Waals surface area contributed by atoms with Gasteiger partial charge in [-0.25, -0.2) is 8.42 Å². The molecule has 0 atom stereocenters. The fourth-order valence-electron chi connectivity index (χ4n) is 2.52. The molecule has 22 heavy (non-hydrogen) atoms. The molecule has 3 rings (SSSR count). The third-order valence-electron chi connectivity index (χ3n) is 4.01. The van der Waals surface area contributed by atoms with Gasteiger partial charge in [0.25, 0.3) is 0 Å². The second-order valence-electron chi connectivity index (χ2n) is 5.58. The van der Waals surface area contributed by atoms with Crippen LogP contribution in [0.2, 0.25) is 10.0 Å². The Labute approximate surface area is 139 Å². The number of sulfonamides is 1. The zero-order chi connectivity index (χ0) is 15.9. The fraction of sp³-hybridized carbons (Fsp3) is 0.500. The van der Waals surface area contributed by atoms with Crippen molar-refractivity contribution in [3.05, 3.63) is 28.2 Å². The maximum absolute atomic E-state index is 12.6. The molecular weight excluding hydrogens is 347 g/mol. The minimum Gasteiger partial charge on any atom is -0.340 e. The Morgan fingerprint density at radius 1 is 1.05 bits per heavy atom. The van der Waals surface area contributed by atoms with E-state index in [2.05, 4.69) is 0 Å². The number of rotatable bonds is 3. The van der Waals surface area contributed by atoms with Crippen molar-refractivity contribution >= 4 is 39.1 Å². The summed E-state index contributed by atoms with van der Waals surface area (Å²) in [5.41, 5.74) is 0. The highest BCUT2D eigenvalue weighted by atomic mass is 35.5. The summed E-state index contributed by atoms with van der Waals surface area (Å²) in [5.74, 6) is 0.324. The molecule has 1 heterocycles. The number of piperazine rings is 1. The molecule has 2 fully saturated rings. The van der Waals surface area contributed by atoms with Gasteiger partial charge in [0.05, 0.1) is 14.9 Å². The van der Waals surface area contributed by atoms with Crippen LogP contribution in [0.4, 0.5) is 0 Å². The zero-order valence-electron chi connectivity index (χ0n) is 11.8. The summed E-state index contributed by atoms with van der Waals surface area (Å²) >= 11 is 11.7. The number of benzene rings is 1. The van der Waals surface area contributed by atoms with Gasteiger partial charge in [0.1, 0.15) is 0 Å². The number of amides is 1. The predicted molar refractivity (Wildman–Crippen MR) is 84.5 cm³/mol. The maximum Gasteiger partial charge on any atom is 0.243 e. The lowest BCUT2D eigenvalue weighted by atomic mass is 10.3. The van der Waals surface area contributed by atoms with E-state index in [9.17, 15) is 13.2 Å². The molecule has 1 saturated heterocycles. The highest BCUT2D eigenvalue weighted by Gasteiger charge is 2.36. The summed E-state index contributed by atoms with van der Waals surface area (Å²) < 4.78 is 26.6. The molecule has 0 aromatic heterocycles. The number of nitrogens with zero attached hydrogens (tertiary/aromatic N) is 2. The molecule has 0 radical (unpaired) electrons. The molecule has 1 aliphatic carbocycles. The molecule has 120 valence electrons. The van der Waals surface area contributed by atoms with Crippen LogP contribution >= 0.6 is 23.2 Å². The van der Waals surface area contributed by atoms with Crippen LogP contribution in [0.1, 0.15) is 12.8 Å². The smallest absolute Gasteiger partial charge is 0.243 e. The lowest BCUT2D eigenvalue weighted by molar-refractivity contribution is -0.133. The number of halogens is 2. The van der Waals surface area contributed by atoms with E-state index in [1.54, 1.807) is 4.90 Å². The lowest BCUT2D eigenvalue weighted by Gasteiger charge is -2.34. The first kappa shape index (κ1) is 16.1. The lowest BCUT2D eigenvalue weighted by Crippen LogP contribution is -2.50. The molecule has 1 aromatic rings. The van der Waals surface area contributed by atoms with Gasteiger partial charge in [-0.2, -0.15) is 4.31 Å². The van der Waals surface area contributed by atoms with Crippen molar-refractivity contribution in [2.24, 2.45) is 5.92 Å². The molecule has 1 aliphatic heterocycles. The minimum absolute atomic E-state index is 0.129. The van der Waals surface area contributed by atoms with Gasteiger partial charge in [-0.05, 0) is 31.0 Å². The number of hydrogen-bond donors (Lipinski definition) is 0. The Hall–Kier alpha value is -0.820. The van der Waals surface area contributed by atoms with Crippen molar-refractivity contribution in [2.75, 3.05) is 26.2 Å². The monoisotopic (exact) mass is 362 g/mol. The molecule has 1 aromatic carbocycles. The first-order valence-electron chi connectivity index (χ1n) is 7.13. The summed E-state index contributed by atoms with van der Waals surface area (Å²) in [6, 6.07) is 4.29. The standard InChI is InChI=1S/C14H16Cl2N2O3S/c15-12-4-3-11(9-13(12)16)22(20,21)18-7-5-17(6-8-18)14(19)10-1-2-10/h3-4,9-10H,1-2,5-8H2. The average molecular weight is 363 g/mol. The molecule has 0 bridgehead atoms. The summed E-state index contributed by atoms with van der Waals surface area (Å²) in [6.07, 6.45) is 1.92. The third kappa shape index (κ3) is 3.11. The zero-order valence-corrected chi connectivity index (χ0v) is 14.2. The van der Waals surface area contributed by atoms with Crippen LogP contribution in [0.25, 0.3) is 0 Å². The summed E-state index contributed by atoms with van der Waals surface area (Å²) in [5, 5.41) is 0.533. The molecule has 2 aliphatic rings. The van der Waals surface area contributed by atoms with E-state index >= 15 is 0 Å². The normalized spacial score (nSPS) is 20.2. The van der Waals surface area contributed by atoms with E-state index in [1.807, 2.05) is 0 Å². The van der Waals surface area contributed by atoms with E-state index < -0.39 is 10.0 Å². The third-order valence-corrected chi connectivity index (χ3v) is 6.64. The quantitative estimate of drug-likeness (QED) is 0.828. The number of hydrogen-bond acceptors (Lipinski definition) is 3. The Kier molecular flexibility index (Phi) is 4.38. The summed E-state index contributed by atoms with van der Waals surface area (Å²) in [7, 11) is -3.60. The van der Waals surface area contributed by atoms with E-state index in [0.717, 1.165) is 12.8 Å². The van der Waals surface area contributed by atoms with Crippen molar-refractivity contribution in [3.63, 3.8) is 0 Å². The largest absolute Gasteiger partial charge is 0.340 e. The second kappa shape index (κ2) is 6.00. The molecule has 8 heteroatoms. The highest BCUT2D eigenvalue weighted by Crippen LogP contribution is 2.32. The number of carbonyl (C=O) groups is 1. The maximum atomic E-state index is 12.6. The van der Waals surface area contributed by atoms with Gasteiger partial charge in [0.2, 0.25) is 15.9 Å². The average Bonchev–Trinajstić information content (AvgIpc) is 3.34. The van der Waals surface area contributed by atoms with Crippen LogP contribution in [-0.2, 0) is 14.8 Å². The van der Waals surface area contributed by atoms with Gasteiger partial charge in [0.15, 0.2) is 0 Å². The van der Waals surface area contributed by atoms with Gasteiger partial charge < -0.3 is 4.90 Å².